The van der Waals surface area contributed by atoms with E-state index in [1.54, 1.807) is 47.1 Å². The van der Waals surface area contributed by atoms with Gasteiger partial charge in [-0.25, -0.2) is 4.98 Å². The number of halogens is 1. The maximum Gasteiger partial charge on any atom is 0.324 e. The molecule has 9 nitrogen and oxygen atoms in total. The Kier molecular flexibility index (Phi) is 6.67. The molecule has 0 bridgehead atoms. The van der Waals surface area contributed by atoms with Crippen LogP contribution in [0.1, 0.15) is 37.0 Å². The number of amides is 1. The molecule has 1 unspecified atom stereocenters. The molecule has 4 rings (SSSR count). The predicted octanol–water partition coefficient (Wildman–Crippen LogP) is 3.68. The quantitative estimate of drug-likeness (QED) is 0.422. The molecule has 0 spiro atoms. The van der Waals surface area contributed by atoms with Crippen LogP contribution in [0, 0.1) is 0 Å². The van der Waals surface area contributed by atoms with Crippen LogP contribution in [0.15, 0.2) is 53.2 Å². The summed E-state index contributed by atoms with van der Waals surface area (Å²) >= 11 is 0. The largest absolute Gasteiger partial charge is 0.468 e. The molecule has 1 saturated heterocycles. The van der Waals surface area contributed by atoms with E-state index in [1.807, 2.05) is 13.8 Å². The maximum atomic E-state index is 15.2. The Balaban J connectivity index is 1.64. The van der Waals surface area contributed by atoms with Gasteiger partial charge in [-0.15, -0.1) is 3.89 Å². The second-order valence-electron chi connectivity index (χ2n) is 8.33. The number of nitrogens with zero attached hydrogens (tertiary/aromatic N) is 4. The first-order valence-electron chi connectivity index (χ1n) is 10.9. The first kappa shape index (κ1) is 23.8. The number of pyridine rings is 1. The van der Waals surface area contributed by atoms with Crippen molar-refractivity contribution in [1.29, 1.82) is 0 Å². The summed E-state index contributed by atoms with van der Waals surface area (Å²) in [7, 11) is -3.11. The molecule has 0 saturated carbocycles. The highest BCUT2D eigenvalue weighted by Gasteiger charge is 2.38. The van der Waals surface area contributed by atoms with Crippen molar-refractivity contribution in [2.24, 2.45) is 4.36 Å². The minimum Gasteiger partial charge on any atom is -0.468 e. The van der Waals surface area contributed by atoms with Crippen LogP contribution in [-0.2, 0) is 19.8 Å². The van der Waals surface area contributed by atoms with Gasteiger partial charge in [-0.3, -0.25) is 9.59 Å². The Morgan fingerprint density at radius 3 is 2.79 bits per heavy atom. The molecule has 1 aromatic carbocycles. The first-order valence-corrected chi connectivity index (χ1v) is 12.3. The number of imidazole rings is 1. The third kappa shape index (κ3) is 4.95. The van der Waals surface area contributed by atoms with Crippen LogP contribution >= 0.6 is 0 Å². The fourth-order valence-corrected chi connectivity index (χ4v) is 5.23. The lowest BCUT2D eigenvalue weighted by Crippen LogP contribution is -2.38. The maximum absolute atomic E-state index is 15.2. The first-order chi connectivity index (χ1) is 16.2. The topological polar surface area (TPSA) is 105 Å². The number of rotatable bonds is 6. The summed E-state index contributed by atoms with van der Waals surface area (Å²) in [4.78, 5) is 28.8. The molecule has 34 heavy (non-hydrogen) atoms. The number of methoxy groups -OCH3 is 1. The number of hydrogen-bond donors (Lipinski definition) is 1. The van der Waals surface area contributed by atoms with Crippen LogP contribution in [0.5, 0.6) is 0 Å². The van der Waals surface area contributed by atoms with E-state index >= 15 is 3.89 Å². The van der Waals surface area contributed by atoms with Gasteiger partial charge in [0.15, 0.2) is 0 Å². The molecule has 3 heterocycles. The molecule has 2 aromatic heterocycles. The number of hydrogen-bond acceptors (Lipinski definition) is 6. The predicted molar refractivity (Wildman–Crippen MR) is 126 cm³/mol. The van der Waals surface area contributed by atoms with Crippen molar-refractivity contribution in [3.05, 3.63) is 54.4 Å². The third-order valence-electron chi connectivity index (χ3n) is 5.46. The number of nitrogens with one attached hydrogen (secondary N) is 1. The van der Waals surface area contributed by atoms with E-state index in [2.05, 4.69) is 14.7 Å². The van der Waals surface area contributed by atoms with E-state index in [-0.39, 0.29) is 24.2 Å². The molecule has 1 N–H and O–H groups in total. The second-order valence-corrected chi connectivity index (χ2v) is 9.85. The average molecular weight is 488 g/mol. The number of carbonyl (C=O) groups excluding carboxylic acids is 2. The highest BCUT2D eigenvalue weighted by Crippen LogP contribution is 2.29. The normalized spacial score (nSPS) is 18.1. The number of benzene rings is 1. The highest BCUT2D eigenvalue weighted by atomic mass is 32.3. The molecule has 0 aliphatic carbocycles. The lowest BCUT2D eigenvalue weighted by atomic mass is 10.1. The van der Waals surface area contributed by atoms with Crippen LogP contribution in [0.4, 0.5) is 9.57 Å². The minimum absolute atomic E-state index is 0.0160. The number of esters is 1. The van der Waals surface area contributed by atoms with Crippen molar-refractivity contribution < 1.29 is 22.4 Å². The third-order valence-corrected chi connectivity index (χ3v) is 6.91. The fraction of sp³-hybridized carbons (Fsp3) is 0.348. The lowest BCUT2D eigenvalue weighted by Gasteiger charge is -2.20. The molecular weight excluding hydrogens is 461 g/mol. The summed E-state index contributed by atoms with van der Waals surface area (Å²) in [5.74, 6) is -0.809. The fourth-order valence-electron chi connectivity index (χ4n) is 3.90. The Morgan fingerprint density at radius 2 is 2.06 bits per heavy atom. The molecule has 3 aromatic rings. The molecular formula is C23H26FN5O4S. The molecule has 1 fully saturated rings. The summed E-state index contributed by atoms with van der Waals surface area (Å²) < 4.78 is 39.2. The zero-order chi connectivity index (χ0) is 24.5. The number of fused-ring (bicyclic) bond motifs is 1. The summed E-state index contributed by atoms with van der Waals surface area (Å²) in [6.45, 7) is 3.93. The van der Waals surface area contributed by atoms with Gasteiger partial charge in [0.05, 0.1) is 24.1 Å². The van der Waals surface area contributed by atoms with Crippen LogP contribution in [0.3, 0.4) is 0 Å². The molecule has 2 atom stereocenters. The highest BCUT2D eigenvalue weighted by molar-refractivity contribution is 7.86. The van der Waals surface area contributed by atoms with Gasteiger partial charge in [0.2, 0.25) is 0 Å². The summed E-state index contributed by atoms with van der Waals surface area (Å²) in [5.41, 5.74) is 2.51. The summed E-state index contributed by atoms with van der Waals surface area (Å²) in [6.07, 6.45) is 4.32. The van der Waals surface area contributed by atoms with Crippen molar-refractivity contribution in [1.82, 2.24) is 19.0 Å². The molecule has 11 heteroatoms. The minimum atomic E-state index is -4.33. The van der Waals surface area contributed by atoms with Crippen LogP contribution in [0.2, 0.25) is 0 Å². The zero-order valence-corrected chi connectivity index (χ0v) is 19.9. The molecule has 1 aliphatic heterocycles. The van der Waals surface area contributed by atoms with Crippen LogP contribution < -0.4 is 5.32 Å². The van der Waals surface area contributed by atoms with Gasteiger partial charge in [0.1, 0.15) is 11.7 Å². The van der Waals surface area contributed by atoms with Crippen LogP contribution in [0.25, 0.3) is 16.9 Å². The summed E-state index contributed by atoms with van der Waals surface area (Å²) in [6, 6.07) is 9.09. The van der Waals surface area contributed by atoms with Crippen molar-refractivity contribution in [2.45, 2.75) is 38.8 Å². The van der Waals surface area contributed by atoms with Gasteiger partial charge in [0, 0.05) is 30.5 Å². The second kappa shape index (κ2) is 9.51. The number of aromatic nitrogens is 2. The number of ether oxygens (including phenoxy) is 1. The molecule has 0 radical (unpaired) electrons. The van der Waals surface area contributed by atoms with E-state index in [9.17, 15) is 13.8 Å². The molecule has 1 amide bonds. The van der Waals surface area contributed by atoms with Gasteiger partial charge in [-0.1, -0.05) is 12.1 Å². The van der Waals surface area contributed by atoms with E-state index in [0.717, 1.165) is 4.31 Å². The van der Waals surface area contributed by atoms with Crippen molar-refractivity contribution in [2.75, 3.05) is 13.7 Å². The standard InChI is InChI=1S/C23H26FN5O4S/c1-15(2)25-22(30)17-9-10-21-26-19(14-28(21)13-17)16-6-4-7-18(12-16)27-34(24,32)29-11-5-8-20(29)23(31)33-3/h4,6-7,9-10,12-15,20H,5,8,11H2,1-3H3,(H,25,30)/t20-,34?/m1/s1. The number of carbonyl (C=O) groups is 2. The van der Waals surface area contributed by atoms with E-state index in [4.69, 9.17) is 4.74 Å². The van der Waals surface area contributed by atoms with Gasteiger partial charge < -0.3 is 14.5 Å². The van der Waals surface area contributed by atoms with Gasteiger partial charge in [0.25, 0.3) is 16.2 Å². The Bertz CT molecular complexity index is 1360. The van der Waals surface area contributed by atoms with E-state index in [1.165, 1.54) is 13.2 Å². The van der Waals surface area contributed by atoms with Crippen molar-refractivity contribution in [3.63, 3.8) is 0 Å². The van der Waals surface area contributed by atoms with Crippen molar-refractivity contribution in [3.8, 4) is 11.3 Å². The SMILES string of the molecule is COC(=O)[C@H]1CCCN1S(=O)(F)=Nc1cccc(-c2cn3cc(C(=O)NC(C)C)ccc3n2)c1. The van der Waals surface area contributed by atoms with Crippen molar-refractivity contribution >= 4 is 33.5 Å². The Hall–Kier alpha value is -3.31. The average Bonchev–Trinajstić information content (AvgIpc) is 3.45. The molecule has 1 aliphatic rings. The Morgan fingerprint density at radius 1 is 1.26 bits per heavy atom. The van der Waals surface area contributed by atoms with E-state index in [0.29, 0.717) is 35.3 Å². The van der Waals surface area contributed by atoms with E-state index < -0.39 is 22.3 Å². The van der Waals surface area contributed by atoms with Crippen LogP contribution in [-0.4, -0.2) is 55.5 Å². The Labute approximate surface area is 197 Å². The van der Waals surface area contributed by atoms with Gasteiger partial charge in [-0.05, 0) is 51.0 Å². The molecule has 180 valence electrons. The smallest absolute Gasteiger partial charge is 0.324 e. The van der Waals surface area contributed by atoms with Gasteiger partial charge >= 0.3 is 5.97 Å². The van der Waals surface area contributed by atoms with Gasteiger partial charge in [-0.2, -0.15) is 12.9 Å². The zero-order valence-electron chi connectivity index (χ0n) is 19.1. The summed E-state index contributed by atoms with van der Waals surface area (Å²) in [5, 5.41) is 2.85. The lowest BCUT2D eigenvalue weighted by molar-refractivity contribution is -0.144. The monoisotopic (exact) mass is 487 g/mol.